The summed E-state index contributed by atoms with van der Waals surface area (Å²) in [6, 6.07) is 7.09. The van der Waals surface area contributed by atoms with Gasteiger partial charge < -0.3 is 15.5 Å². The molecule has 0 unspecified atom stereocenters. The van der Waals surface area contributed by atoms with Gasteiger partial charge in [0.2, 0.25) is 0 Å². The van der Waals surface area contributed by atoms with Gasteiger partial charge in [-0.15, -0.1) is 0 Å². The summed E-state index contributed by atoms with van der Waals surface area (Å²) in [6.07, 6.45) is 0. The van der Waals surface area contributed by atoms with Gasteiger partial charge in [0, 0.05) is 27.8 Å². The van der Waals surface area contributed by atoms with E-state index in [0.29, 0.717) is 22.4 Å². The molecule has 0 atom stereocenters. The molecule has 0 fully saturated rings. The van der Waals surface area contributed by atoms with E-state index in [1.807, 2.05) is 6.07 Å². The molecule has 0 saturated heterocycles. The van der Waals surface area contributed by atoms with E-state index >= 15 is 0 Å². The molecule has 0 radical (unpaired) electrons. The van der Waals surface area contributed by atoms with Gasteiger partial charge in [-0.05, 0) is 31.5 Å². The molecule has 1 aromatic carbocycles. The van der Waals surface area contributed by atoms with Gasteiger partial charge in [-0.3, -0.25) is 4.79 Å². The molecule has 0 bridgehead atoms. The van der Waals surface area contributed by atoms with Crippen molar-refractivity contribution in [1.82, 2.24) is 4.98 Å². The molecule has 6 heteroatoms. The molecule has 2 rings (SSSR count). The Bertz CT molecular complexity index is 722. The molecule has 22 heavy (non-hydrogen) atoms. The molecule has 0 spiro atoms. The summed E-state index contributed by atoms with van der Waals surface area (Å²) >= 11 is 3.35. The summed E-state index contributed by atoms with van der Waals surface area (Å²) in [5, 5.41) is 0. The number of aromatic amines is 1. The van der Waals surface area contributed by atoms with Gasteiger partial charge >= 0.3 is 5.97 Å². The number of hydrogen-bond acceptors (Lipinski definition) is 4. The lowest BCUT2D eigenvalue weighted by Crippen LogP contribution is -2.08. The van der Waals surface area contributed by atoms with Crippen molar-refractivity contribution >= 4 is 27.7 Å². The molecule has 0 aliphatic heterocycles. The number of carbonyl (C=O) groups is 2. The summed E-state index contributed by atoms with van der Waals surface area (Å²) in [5.74, 6) is -0.658. The van der Waals surface area contributed by atoms with E-state index < -0.39 is 5.97 Å². The highest BCUT2D eigenvalue weighted by atomic mass is 79.9. The lowest BCUT2D eigenvalue weighted by molar-refractivity contribution is 0.0519. The Morgan fingerprint density at radius 1 is 1.36 bits per heavy atom. The van der Waals surface area contributed by atoms with Crippen LogP contribution in [-0.4, -0.2) is 23.3 Å². The number of H-pyrrole nitrogens is 1. The first-order valence-corrected chi connectivity index (χ1v) is 7.67. The highest BCUT2D eigenvalue weighted by Gasteiger charge is 2.24. The largest absolute Gasteiger partial charge is 0.461 e. The third-order valence-electron chi connectivity index (χ3n) is 3.33. The number of benzene rings is 1. The van der Waals surface area contributed by atoms with Crippen LogP contribution in [0.2, 0.25) is 0 Å². The monoisotopic (exact) mass is 364 g/mol. The van der Waals surface area contributed by atoms with Gasteiger partial charge in [0.25, 0.3) is 0 Å². The molecule has 0 aliphatic carbocycles. The van der Waals surface area contributed by atoms with E-state index in [1.165, 1.54) is 0 Å². The van der Waals surface area contributed by atoms with E-state index in [0.717, 1.165) is 4.47 Å². The molecule has 1 aromatic heterocycles. The van der Waals surface area contributed by atoms with Gasteiger partial charge in [-0.25, -0.2) is 4.79 Å². The van der Waals surface area contributed by atoms with Gasteiger partial charge in [0.15, 0.2) is 5.78 Å². The van der Waals surface area contributed by atoms with Gasteiger partial charge in [0.05, 0.1) is 6.61 Å². The van der Waals surface area contributed by atoms with E-state index in [1.54, 1.807) is 32.0 Å². The number of halogens is 1. The second-order valence-corrected chi connectivity index (χ2v) is 5.66. The normalized spacial score (nSPS) is 10.5. The van der Waals surface area contributed by atoms with Crippen molar-refractivity contribution in [2.45, 2.75) is 20.4 Å². The topological polar surface area (TPSA) is 85.2 Å². The van der Waals surface area contributed by atoms with Crippen molar-refractivity contribution in [1.29, 1.82) is 0 Å². The van der Waals surface area contributed by atoms with Crippen molar-refractivity contribution in [2.75, 3.05) is 6.61 Å². The number of hydrogen-bond donors (Lipinski definition) is 2. The molecule has 3 N–H and O–H groups in total. The Balaban J connectivity index is 2.50. The van der Waals surface area contributed by atoms with Crippen LogP contribution >= 0.6 is 15.9 Å². The van der Waals surface area contributed by atoms with E-state index in [-0.39, 0.29) is 24.6 Å². The average molecular weight is 365 g/mol. The summed E-state index contributed by atoms with van der Waals surface area (Å²) in [6.45, 7) is 3.85. The predicted octanol–water partition coefficient (Wildman–Crippen LogP) is 2.95. The Hall–Kier alpha value is -1.92. The Morgan fingerprint density at radius 3 is 2.68 bits per heavy atom. The number of aromatic nitrogens is 1. The highest BCUT2D eigenvalue weighted by molar-refractivity contribution is 9.10. The molecule has 5 nitrogen and oxygen atoms in total. The molecule has 2 aromatic rings. The van der Waals surface area contributed by atoms with Crippen LogP contribution in [-0.2, 0) is 11.3 Å². The van der Waals surface area contributed by atoms with Gasteiger partial charge in [0.1, 0.15) is 5.69 Å². The molecule has 0 aliphatic rings. The summed E-state index contributed by atoms with van der Waals surface area (Å²) in [7, 11) is 0. The number of nitrogens with one attached hydrogen (secondary N) is 1. The van der Waals surface area contributed by atoms with Crippen molar-refractivity contribution in [3.8, 4) is 0 Å². The molecular weight excluding hydrogens is 348 g/mol. The zero-order chi connectivity index (χ0) is 16.3. The number of esters is 1. The SMILES string of the molecule is CCOC(=O)c1[nH]c(CN)c(C(=O)c2cccc(Br)c2)c1C. The smallest absolute Gasteiger partial charge is 0.355 e. The lowest BCUT2D eigenvalue weighted by Gasteiger charge is -2.04. The first-order chi connectivity index (χ1) is 10.5. The van der Waals surface area contributed by atoms with Crippen LogP contribution < -0.4 is 5.73 Å². The maximum atomic E-state index is 12.7. The zero-order valence-electron chi connectivity index (χ0n) is 12.4. The van der Waals surface area contributed by atoms with Crippen LogP contribution in [0, 0.1) is 6.92 Å². The molecule has 1 heterocycles. The maximum absolute atomic E-state index is 12.7. The number of ketones is 1. The van der Waals surface area contributed by atoms with Crippen LogP contribution in [0.3, 0.4) is 0 Å². The number of rotatable bonds is 5. The van der Waals surface area contributed by atoms with Crippen LogP contribution in [0.15, 0.2) is 28.7 Å². The van der Waals surface area contributed by atoms with Crippen molar-refractivity contribution in [3.63, 3.8) is 0 Å². The molecule has 0 saturated carbocycles. The van der Waals surface area contributed by atoms with Crippen LogP contribution in [0.1, 0.15) is 44.6 Å². The van der Waals surface area contributed by atoms with Crippen LogP contribution in [0.25, 0.3) is 0 Å². The summed E-state index contributed by atoms with van der Waals surface area (Å²) in [4.78, 5) is 27.6. The van der Waals surface area contributed by atoms with E-state index in [9.17, 15) is 9.59 Å². The third kappa shape index (κ3) is 3.13. The van der Waals surface area contributed by atoms with Crippen LogP contribution in [0.4, 0.5) is 0 Å². The summed E-state index contributed by atoms with van der Waals surface area (Å²) in [5.41, 5.74) is 8.04. The van der Waals surface area contributed by atoms with Crippen molar-refractivity contribution in [3.05, 3.63) is 56.8 Å². The zero-order valence-corrected chi connectivity index (χ0v) is 14.0. The fraction of sp³-hybridized carbons (Fsp3) is 0.250. The standard InChI is InChI=1S/C16H17BrN2O3/c1-3-22-16(21)14-9(2)13(12(8-18)19-14)15(20)10-5-4-6-11(17)7-10/h4-7,19H,3,8,18H2,1-2H3. The molecule has 0 amide bonds. The van der Waals surface area contributed by atoms with E-state index in [4.69, 9.17) is 10.5 Å². The minimum absolute atomic E-state index is 0.134. The molecular formula is C16H17BrN2O3. The quantitative estimate of drug-likeness (QED) is 0.630. The first-order valence-electron chi connectivity index (χ1n) is 6.88. The van der Waals surface area contributed by atoms with Crippen molar-refractivity contribution in [2.24, 2.45) is 5.73 Å². The Labute approximate surface area is 137 Å². The Kier molecular flexibility index (Phi) is 5.15. The minimum atomic E-state index is -0.483. The van der Waals surface area contributed by atoms with Crippen molar-refractivity contribution < 1.29 is 14.3 Å². The highest BCUT2D eigenvalue weighted by Crippen LogP contribution is 2.24. The second kappa shape index (κ2) is 6.89. The fourth-order valence-electron chi connectivity index (χ4n) is 2.30. The first kappa shape index (κ1) is 16.5. The Morgan fingerprint density at radius 2 is 2.09 bits per heavy atom. The van der Waals surface area contributed by atoms with E-state index in [2.05, 4.69) is 20.9 Å². The number of ether oxygens (including phenoxy) is 1. The second-order valence-electron chi connectivity index (χ2n) is 4.74. The summed E-state index contributed by atoms with van der Waals surface area (Å²) < 4.78 is 5.81. The third-order valence-corrected chi connectivity index (χ3v) is 3.82. The fourth-order valence-corrected chi connectivity index (χ4v) is 2.70. The van der Waals surface area contributed by atoms with Crippen LogP contribution in [0.5, 0.6) is 0 Å². The molecule has 116 valence electrons. The maximum Gasteiger partial charge on any atom is 0.355 e. The minimum Gasteiger partial charge on any atom is -0.461 e. The van der Waals surface area contributed by atoms with Gasteiger partial charge in [-0.1, -0.05) is 28.1 Å². The van der Waals surface area contributed by atoms with Gasteiger partial charge in [-0.2, -0.15) is 0 Å². The lowest BCUT2D eigenvalue weighted by atomic mass is 9.99. The number of nitrogens with two attached hydrogens (primary N) is 1. The average Bonchev–Trinajstić information content (AvgIpc) is 2.83. The predicted molar refractivity (Wildman–Crippen MR) is 87.0 cm³/mol. The number of carbonyl (C=O) groups excluding carboxylic acids is 2.